The predicted molar refractivity (Wildman–Crippen MR) is 68.1 cm³/mol. The van der Waals surface area contributed by atoms with E-state index in [0.29, 0.717) is 12.3 Å². The maximum Gasteiger partial charge on any atom is 0.527 e. The van der Waals surface area contributed by atoms with E-state index in [2.05, 4.69) is 4.52 Å². The van der Waals surface area contributed by atoms with E-state index in [1.165, 1.54) is 12.0 Å². The fraction of sp³-hybridized carbons (Fsp3) is 0.364. The number of carbonyl (C=O) groups is 1. The molecule has 0 unspecified atom stereocenters. The molecule has 1 aromatic carbocycles. The number of para-hydroxylation sites is 1. The van der Waals surface area contributed by atoms with Crippen molar-refractivity contribution in [3.8, 4) is 0 Å². The Hall–Kier alpha value is -1.40. The Labute approximate surface area is 110 Å². The number of benzene rings is 1. The molecule has 0 aromatic heterocycles. The van der Waals surface area contributed by atoms with Crippen molar-refractivity contribution in [1.29, 1.82) is 0 Å². The van der Waals surface area contributed by atoms with Gasteiger partial charge in [0.2, 0.25) is 0 Å². The van der Waals surface area contributed by atoms with Crippen molar-refractivity contribution in [2.75, 3.05) is 11.7 Å². The lowest BCUT2D eigenvalue weighted by Gasteiger charge is -2.28. The second kappa shape index (κ2) is 6.68. The Morgan fingerprint density at radius 2 is 1.95 bits per heavy atom. The zero-order chi connectivity index (χ0) is 14.5. The molecule has 0 saturated carbocycles. The van der Waals surface area contributed by atoms with Crippen molar-refractivity contribution in [2.45, 2.75) is 19.9 Å². The minimum atomic E-state index is -4.86. The molecular formula is C11H16NO6P. The van der Waals surface area contributed by atoms with E-state index < -0.39 is 19.8 Å². The quantitative estimate of drug-likeness (QED) is 0.604. The van der Waals surface area contributed by atoms with Crippen LogP contribution < -0.4 is 5.06 Å². The molecule has 106 valence electrons. The fourth-order valence-corrected chi connectivity index (χ4v) is 1.80. The highest BCUT2D eigenvalue weighted by Gasteiger charge is 2.30. The Kier molecular flexibility index (Phi) is 5.50. The molecule has 0 fully saturated rings. The van der Waals surface area contributed by atoms with Gasteiger partial charge in [-0.15, -0.1) is 0 Å². The third-order valence-electron chi connectivity index (χ3n) is 2.18. The lowest BCUT2D eigenvalue weighted by atomic mass is 10.2. The first kappa shape index (κ1) is 15.7. The lowest BCUT2D eigenvalue weighted by molar-refractivity contribution is -0.138. The summed E-state index contributed by atoms with van der Waals surface area (Å²) >= 11 is 0. The van der Waals surface area contributed by atoms with E-state index >= 15 is 0 Å². The van der Waals surface area contributed by atoms with Crippen LogP contribution in [0.15, 0.2) is 30.3 Å². The van der Waals surface area contributed by atoms with Crippen LogP contribution in [-0.4, -0.2) is 28.4 Å². The molecule has 0 radical (unpaired) electrons. The van der Waals surface area contributed by atoms with Crippen LogP contribution in [0.2, 0.25) is 0 Å². The molecule has 19 heavy (non-hydrogen) atoms. The van der Waals surface area contributed by atoms with Crippen LogP contribution in [0.4, 0.5) is 5.69 Å². The summed E-state index contributed by atoms with van der Waals surface area (Å²) in [6, 6.07) is 7.72. The van der Waals surface area contributed by atoms with E-state index in [0.717, 1.165) is 0 Å². The van der Waals surface area contributed by atoms with Gasteiger partial charge in [0.25, 0.3) is 0 Å². The number of hydrogen-bond acceptors (Lipinski definition) is 5. The zero-order valence-corrected chi connectivity index (χ0v) is 11.5. The van der Waals surface area contributed by atoms with Crippen LogP contribution in [0, 0.1) is 0 Å². The topological polar surface area (TPSA) is 96.3 Å². The largest absolute Gasteiger partial charge is 0.527 e. The highest BCUT2D eigenvalue weighted by Crippen LogP contribution is 2.36. The van der Waals surface area contributed by atoms with Crippen molar-refractivity contribution in [3.05, 3.63) is 30.3 Å². The first-order valence-electron chi connectivity index (χ1n) is 5.61. The van der Waals surface area contributed by atoms with Gasteiger partial charge in [0, 0.05) is 0 Å². The van der Waals surface area contributed by atoms with Crippen LogP contribution in [0.5, 0.6) is 0 Å². The molecule has 0 amide bonds. The van der Waals surface area contributed by atoms with Gasteiger partial charge in [0.05, 0.1) is 12.3 Å². The molecule has 7 nitrogen and oxygen atoms in total. The summed E-state index contributed by atoms with van der Waals surface area (Å²) in [6.07, 6.45) is 0. The number of nitrogens with zero attached hydrogens (tertiary/aromatic N) is 1. The first-order valence-corrected chi connectivity index (χ1v) is 7.14. The summed E-state index contributed by atoms with van der Waals surface area (Å²) in [5.74, 6) is -1.06. The third-order valence-corrected chi connectivity index (χ3v) is 2.60. The minimum absolute atomic E-state index is 0.294. The standard InChI is InChI=1S/C11H16NO6P/c1-3-17-12(10-7-5-4-6-8-10)9(2)11(13)18-19(14,15)16/h4-9H,3H2,1-2H3,(H2,14,15,16)/t9-/m0/s1. The van der Waals surface area contributed by atoms with Crippen LogP contribution >= 0.6 is 7.82 Å². The van der Waals surface area contributed by atoms with Crippen molar-refractivity contribution in [3.63, 3.8) is 0 Å². The maximum absolute atomic E-state index is 11.6. The number of anilines is 1. The molecule has 0 bridgehead atoms. The summed E-state index contributed by atoms with van der Waals surface area (Å²) in [6.45, 7) is 3.46. The SMILES string of the molecule is CCON(c1ccccc1)[C@@H](C)C(=O)OP(=O)(O)O. The summed E-state index contributed by atoms with van der Waals surface area (Å²) in [4.78, 5) is 34.2. The molecular weight excluding hydrogens is 273 g/mol. The summed E-state index contributed by atoms with van der Waals surface area (Å²) in [5.41, 5.74) is 0.583. The number of phosphoric acid groups is 1. The van der Waals surface area contributed by atoms with Crippen molar-refractivity contribution in [1.82, 2.24) is 0 Å². The Morgan fingerprint density at radius 1 is 1.37 bits per heavy atom. The van der Waals surface area contributed by atoms with E-state index in [1.807, 2.05) is 0 Å². The van der Waals surface area contributed by atoms with Gasteiger partial charge in [0.15, 0.2) is 6.04 Å². The summed E-state index contributed by atoms with van der Waals surface area (Å²) in [7, 11) is -4.86. The van der Waals surface area contributed by atoms with Gasteiger partial charge in [0.1, 0.15) is 0 Å². The number of hydrogen-bond donors (Lipinski definition) is 2. The molecule has 8 heteroatoms. The normalized spacial score (nSPS) is 12.8. The average Bonchev–Trinajstić information content (AvgIpc) is 2.34. The van der Waals surface area contributed by atoms with Gasteiger partial charge in [-0.05, 0) is 26.0 Å². The number of rotatable bonds is 6. The minimum Gasteiger partial charge on any atom is -0.369 e. The van der Waals surface area contributed by atoms with Crippen LogP contribution in [-0.2, 0) is 18.7 Å². The first-order chi connectivity index (χ1) is 8.85. The zero-order valence-electron chi connectivity index (χ0n) is 10.6. The van der Waals surface area contributed by atoms with Crippen molar-refractivity contribution >= 4 is 19.5 Å². The van der Waals surface area contributed by atoms with E-state index in [9.17, 15) is 9.36 Å². The lowest BCUT2D eigenvalue weighted by Crippen LogP contribution is -2.40. The second-order valence-corrected chi connectivity index (χ2v) is 4.82. The third kappa shape index (κ3) is 5.00. The molecule has 1 atom stereocenters. The number of carbonyl (C=O) groups excluding carboxylic acids is 1. The monoisotopic (exact) mass is 289 g/mol. The number of phosphoric ester groups is 1. The van der Waals surface area contributed by atoms with Gasteiger partial charge in [-0.1, -0.05) is 18.2 Å². The molecule has 0 aliphatic carbocycles. The molecule has 2 N–H and O–H groups in total. The van der Waals surface area contributed by atoms with Crippen molar-refractivity contribution < 1.29 is 28.5 Å². The molecule has 1 rings (SSSR count). The molecule has 0 saturated heterocycles. The summed E-state index contributed by atoms with van der Waals surface area (Å²) < 4.78 is 14.7. The van der Waals surface area contributed by atoms with Crippen molar-refractivity contribution in [2.24, 2.45) is 0 Å². The molecule has 1 aromatic rings. The Balaban J connectivity index is 2.88. The number of hydroxylamine groups is 1. The van der Waals surface area contributed by atoms with Crippen LogP contribution in [0.1, 0.15) is 13.8 Å². The fourth-order valence-electron chi connectivity index (χ4n) is 1.41. The molecule has 0 spiro atoms. The molecule has 0 heterocycles. The van der Waals surface area contributed by atoms with Gasteiger partial charge >= 0.3 is 13.8 Å². The average molecular weight is 289 g/mol. The highest BCUT2D eigenvalue weighted by molar-refractivity contribution is 7.46. The Morgan fingerprint density at radius 3 is 2.42 bits per heavy atom. The van der Waals surface area contributed by atoms with E-state index in [1.54, 1.807) is 37.3 Å². The van der Waals surface area contributed by atoms with Gasteiger partial charge in [-0.3, -0.25) is 14.6 Å². The molecule has 0 aliphatic heterocycles. The van der Waals surface area contributed by atoms with Gasteiger partial charge < -0.3 is 4.52 Å². The second-order valence-electron chi connectivity index (χ2n) is 3.66. The van der Waals surface area contributed by atoms with Gasteiger partial charge in [-0.2, -0.15) is 0 Å². The van der Waals surface area contributed by atoms with Crippen LogP contribution in [0.3, 0.4) is 0 Å². The maximum atomic E-state index is 11.6. The van der Waals surface area contributed by atoms with E-state index in [4.69, 9.17) is 14.6 Å². The van der Waals surface area contributed by atoms with Gasteiger partial charge in [-0.25, -0.2) is 14.4 Å². The van der Waals surface area contributed by atoms with E-state index in [-0.39, 0.29) is 0 Å². The molecule has 0 aliphatic rings. The van der Waals surface area contributed by atoms with Crippen LogP contribution in [0.25, 0.3) is 0 Å². The highest BCUT2D eigenvalue weighted by atomic mass is 31.2. The smallest absolute Gasteiger partial charge is 0.369 e. The summed E-state index contributed by atoms with van der Waals surface area (Å²) in [5, 5.41) is 1.25. The Bertz CT molecular complexity index is 460. The predicted octanol–water partition coefficient (Wildman–Crippen LogP) is 1.47.